The molecular weight excluding hydrogens is 164 g/mol. The summed E-state index contributed by atoms with van der Waals surface area (Å²) in [5, 5.41) is 7.17. The Labute approximate surface area is 77.8 Å². The third-order valence-electron chi connectivity index (χ3n) is 2.24. The number of nitrogens with one attached hydrogen (secondary N) is 1. The molecule has 1 saturated heterocycles. The molecule has 0 saturated carbocycles. The van der Waals surface area contributed by atoms with Crippen LogP contribution in [0.2, 0.25) is 0 Å². The monoisotopic (exact) mass is 178 g/mol. The highest BCUT2D eigenvalue weighted by molar-refractivity contribution is 5.47. The zero-order chi connectivity index (χ0) is 9.10. The average Bonchev–Trinajstić information content (AvgIpc) is 2.53. The summed E-state index contributed by atoms with van der Waals surface area (Å²) < 4.78 is 5.12. The number of hydrogen-bond donors (Lipinski definition) is 1. The molecule has 2 rings (SSSR count). The van der Waals surface area contributed by atoms with E-state index >= 15 is 0 Å². The van der Waals surface area contributed by atoms with Crippen molar-refractivity contribution in [3.63, 3.8) is 0 Å². The van der Waals surface area contributed by atoms with Crippen LogP contribution in [-0.4, -0.2) is 18.2 Å². The molecule has 1 aromatic heterocycles. The lowest BCUT2D eigenvalue weighted by Crippen LogP contribution is -2.22. The minimum Gasteiger partial charge on any atom is -0.357 e. The highest BCUT2D eigenvalue weighted by Gasteiger charge is 2.05. The van der Waals surface area contributed by atoms with Gasteiger partial charge in [0.05, 0.1) is 5.69 Å². The first-order valence-corrected chi connectivity index (χ1v) is 4.68. The first kappa shape index (κ1) is 8.51. The van der Waals surface area contributed by atoms with E-state index in [0.29, 0.717) is 0 Å². The molecule has 2 heterocycles. The van der Waals surface area contributed by atoms with Gasteiger partial charge < -0.3 is 9.84 Å². The van der Waals surface area contributed by atoms with Crippen molar-refractivity contribution >= 4 is 6.08 Å². The number of aryl methyl sites for hydroxylation is 1. The summed E-state index contributed by atoms with van der Waals surface area (Å²) in [5.41, 5.74) is 2.40. The van der Waals surface area contributed by atoms with Gasteiger partial charge in [-0.2, -0.15) is 0 Å². The number of piperidine rings is 1. The lowest BCUT2D eigenvalue weighted by Gasteiger charge is -2.14. The number of hydrogen-bond acceptors (Lipinski definition) is 3. The van der Waals surface area contributed by atoms with Crippen LogP contribution in [0.4, 0.5) is 0 Å². The molecule has 70 valence electrons. The molecule has 0 aliphatic carbocycles. The quantitative estimate of drug-likeness (QED) is 0.712. The Kier molecular flexibility index (Phi) is 2.45. The maximum Gasteiger partial charge on any atom is 0.159 e. The van der Waals surface area contributed by atoms with E-state index in [9.17, 15) is 0 Å². The largest absolute Gasteiger partial charge is 0.357 e. The van der Waals surface area contributed by atoms with Crippen molar-refractivity contribution in [1.29, 1.82) is 0 Å². The molecule has 0 amide bonds. The van der Waals surface area contributed by atoms with Gasteiger partial charge in [0.2, 0.25) is 0 Å². The third-order valence-corrected chi connectivity index (χ3v) is 2.24. The minimum absolute atomic E-state index is 0.884. The van der Waals surface area contributed by atoms with Crippen molar-refractivity contribution in [2.45, 2.75) is 19.8 Å². The Morgan fingerprint density at radius 3 is 2.85 bits per heavy atom. The first-order chi connectivity index (χ1) is 6.34. The zero-order valence-electron chi connectivity index (χ0n) is 7.84. The molecule has 1 N–H and O–H groups in total. The van der Waals surface area contributed by atoms with Gasteiger partial charge in [0.1, 0.15) is 0 Å². The second kappa shape index (κ2) is 3.75. The van der Waals surface area contributed by atoms with E-state index in [-0.39, 0.29) is 0 Å². The fraction of sp³-hybridized carbons (Fsp3) is 0.500. The van der Waals surface area contributed by atoms with Crippen LogP contribution in [0.25, 0.3) is 6.08 Å². The van der Waals surface area contributed by atoms with Crippen LogP contribution in [-0.2, 0) is 0 Å². The van der Waals surface area contributed by atoms with Crippen LogP contribution in [0.15, 0.2) is 16.2 Å². The molecule has 0 spiro atoms. The molecule has 1 aliphatic rings. The predicted octanol–water partition coefficient (Wildman–Crippen LogP) is 1.75. The Morgan fingerprint density at radius 2 is 2.23 bits per heavy atom. The molecule has 0 radical (unpaired) electrons. The average molecular weight is 178 g/mol. The predicted molar refractivity (Wildman–Crippen MR) is 51.3 cm³/mol. The fourth-order valence-corrected chi connectivity index (χ4v) is 1.54. The molecule has 3 heteroatoms. The van der Waals surface area contributed by atoms with Crippen molar-refractivity contribution in [3.8, 4) is 0 Å². The Hall–Kier alpha value is -1.09. The Balaban J connectivity index is 2.09. The fourth-order valence-electron chi connectivity index (χ4n) is 1.54. The second-order valence-electron chi connectivity index (χ2n) is 3.42. The lowest BCUT2D eigenvalue weighted by atomic mass is 10.0. The lowest BCUT2D eigenvalue weighted by molar-refractivity contribution is 0.407. The molecule has 0 atom stereocenters. The van der Waals surface area contributed by atoms with E-state index in [4.69, 9.17) is 4.52 Å². The van der Waals surface area contributed by atoms with E-state index in [1.54, 1.807) is 0 Å². The van der Waals surface area contributed by atoms with Crippen molar-refractivity contribution < 1.29 is 4.52 Å². The highest BCUT2D eigenvalue weighted by atomic mass is 16.5. The van der Waals surface area contributed by atoms with Gasteiger partial charge in [-0.15, -0.1) is 0 Å². The molecule has 13 heavy (non-hydrogen) atoms. The molecule has 1 fully saturated rings. The third kappa shape index (κ3) is 2.18. The van der Waals surface area contributed by atoms with Gasteiger partial charge in [0, 0.05) is 6.07 Å². The molecule has 1 aromatic rings. The number of nitrogens with zero attached hydrogens (tertiary/aromatic N) is 1. The summed E-state index contributed by atoms with van der Waals surface area (Å²) in [6.45, 7) is 4.10. The maximum absolute atomic E-state index is 5.12. The molecule has 0 unspecified atom stereocenters. The summed E-state index contributed by atoms with van der Waals surface area (Å²) in [6, 6.07) is 1.97. The summed E-state index contributed by atoms with van der Waals surface area (Å²) in [5.74, 6) is 0.884. The van der Waals surface area contributed by atoms with Crippen molar-refractivity contribution in [3.05, 3.63) is 23.1 Å². The first-order valence-electron chi connectivity index (χ1n) is 4.68. The van der Waals surface area contributed by atoms with Gasteiger partial charge >= 0.3 is 0 Å². The SMILES string of the molecule is Cc1cc(C=C2CCNCC2)on1. The van der Waals surface area contributed by atoms with Crippen LogP contribution in [0, 0.1) is 6.92 Å². The summed E-state index contributed by atoms with van der Waals surface area (Å²) in [7, 11) is 0. The molecule has 0 aromatic carbocycles. The van der Waals surface area contributed by atoms with E-state index in [1.807, 2.05) is 13.0 Å². The zero-order valence-corrected chi connectivity index (χ0v) is 7.84. The summed E-state index contributed by atoms with van der Waals surface area (Å²) in [6.07, 6.45) is 4.36. The van der Waals surface area contributed by atoms with Crippen molar-refractivity contribution in [2.75, 3.05) is 13.1 Å². The van der Waals surface area contributed by atoms with E-state index in [2.05, 4.69) is 16.5 Å². The van der Waals surface area contributed by atoms with Crippen LogP contribution in [0.3, 0.4) is 0 Å². The minimum atomic E-state index is 0.884. The molecule has 1 aliphatic heterocycles. The van der Waals surface area contributed by atoms with E-state index in [1.165, 1.54) is 5.57 Å². The van der Waals surface area contributed by atoms with Gasteiger partial charge in [-0.1, -0.05) is 10.7 Å². The molecular formula is C10H14N2O. The van der Waals surface area contributed by atoms with Crippen LogP contribution in [0.5, 0.6) is 0 Å². The van der Waals surface area contributed by atoms with Crippen molar-refractivity contribution in [2.24, 2.45) is 0 Å². The van der Waals surface area contributed by atoms with Gasteiger partial charge in [-0.05, 0) is 38.9 Å². The normalized spacial score (nSPS) is 17.5. The van der Waals surface area contributed by atoms with E-state index < -0.39 is 0 Å². The van der Waals surface area contributed by atoms with Gasteiger partial charge in [0.15, 0.2) is 5.76 Å². The highest BCUT2D eigenvalue weighted by Crippen LogP contribution is 2.15. The number of aromatic nitrogens is 1. The summed E-state index contributed by atoms with van der Waals surface area (Å²) in [4.78, 5) is 0. The van der Waals surface area contributed by atoms with Crippen LogP contribution < -0.4 is 5.32 Å². The standard InChI is InChI=1S/C10H14N2O/c1-8-6-10(13-12-8)7-9-2-4-11-5-3-9/h6-7,11H,2-5H2,1H3. The van der Waals surface area contributed by atoms with Crippen molar-refractivity contribution in [1.82, 2.24) is 10.5 Å². The molecule has 0 bridgehead atoms. The Morgan fingerprint density at radius 1 is 1.46 bits per heavy atom. The van der Waals surface area contributed by atoms with Gasteiger partial charge in [0.25, 0.3) is 0 Å². The second-order valence-corrected chi connectivity index (χ2v) is 3.42. The van der Waals surface area contributed by atoms with Crippen LogP contribution >= 0.6 is 0 Å². The van der Waals surface area contributed by atoms with Crippen LogP contribution in [0.1, 0.15) is 24.3 Å². The number of rotatable bonds is 1. The smallest absolute Gasteiger partial charge is 0.159 e. The maximum atomic E-state index is 5.12. The topological polar surface area (TPSA) is 38.1 Å². The molecule has 3 nitrogen and oxygen atoms in total. The Bertz CT molecular complexity index is 306. The van der Waals surface area contributed by atoms with E-state index in [0.717, 1.165) is 37.4 Å². The summed E-state index contributed by atoms with van der Waals surface area (Å²) >= 11 is 0. The van der Waals surface area contributed by atoms with Gasteiger partial charge in [-0.3, -0.25) is 0 Å². The van der Waals surface area contributed by atoms with Gasteiger partial charge in [-0.25, -0.2) is 0 Å².